The topological polar surface area (TPSA) is 68.9 Å². The summed E-state index contributed by atoms with van der Waals surface area (Å²) in [6.07, 6.45) is 2.58. The number of rotatable bonds is 7. The monoisotopic (exact) mass is 446 g/mol. The van der Waals surface area contributed by atoms with Crippen molar-refractivity contribution in [3.63, 3.8) is 0 Å². The zero-order valence-electron chi connectivity index (χ0n) is 17.5. The van der Waals surface area contributed by atoms with Crippen molar-refractivity contribution in [2.45, 2.75) is 31.8 Å². The molecule has 0 aliphatic heterocycles. The molecule has 1 saturated carbocycles. The largest absolute Gasteiger partial charge is 0.354 e. The Morgan fingerprint density at radius 2 is 1.78 bits per heavy atom. The zero-order chi connectivity index (χ0) is 22.1. The van der Waals surface area contributed by atoms with Crippen LogP contribution in [-0.2, 0) is 17.8 Å². The van der Waals surface area contributed by atoms with Gasteiger partial charge in [-0.15, -0.1) is 5.10 Å². The van der Waals surface area contributed by atoms with Crippen molar-refractivity contribution in [3.8, 4) is 11.4 Å². The Hall–Kier alpha value is -3.38. The zero-order valence-corrected chi connectivity index (χ0v) is 18.3. The highest BCUT2D eigenvalue weighted by Gasteiger charge is 2.31. The van der Waals surface area contributed by atoms with Crippen LogP contribution in [0, 0.1) is 0 Å². The lowest BCUT2D eigenvalue weighted by atomic mass is 10.1. The van der Waals surface area contributed by atoms with Gasteiger partial charge in [-0.25, -0.2) is 9.48 Å². The van der Waals surface area contributed by atoms with Crippen LogP contribution in [0.1, 0.15) is 24.4 Å². The van der Waals surface area contributed by atoms with Gasteiger partial charge in [-0.1, -0.05) is 66.2 Å². The Morgan fingerprint density at radius 1 is 1.03 bits per heavy atom. The van der Waals surface area contributed by atoms with E-state index in [1.165, 1.54) is 15.5 Å². The summed E-state index contributed by atoms with van der Waals surface area (Å²) >= 11 is 6.34. The van der Waals surface area contributed by atoms with Crippen molar-refractivity contribution in [2.24, 2.45) is 0 Å². The van der Waals surface area contributed by atoms with E-state index in [-0.39, 0.29) is 24.2 Å². The molecule has 1 aromatic heterocycles. The summed E-state index contributed by atoms with van der Waals surface area (Å²) in [6.45, 7) is 0.375. The minimum atomic E-state index is -0.271. The normalized spacial score (nSPS) is 13.4. The summed E-state index contributed by atoms with van der Waals surface area (Å²) in [4.78, 5) is 25.5. The van der Waals surface area contributed by atoms with Crippen LogP contribution in [0.2, 0.25) is 5.02 Å². The number of hydrogen-bond acceptors (Lipinski definition) is 3. The van der Waals surface area contributed by atoms with E-state index in [1.54, 1.807) is 10.6 Å². The van der Waals surface area contributed by atoms with Crippen LogP contribution in [0.4, 0.5) is 0 Å². The second kappa shape index (κ2) is 8.63. The lowest BCUT2D eigenvalue weighted by Gasteiger charge is -2.06. The van der Waals surface area contributed by atoms with Crippen molar-refractivity contribution < 1.29 is 4.79 Å². The first kappa shape index (κ1) is 20.5. The number of nitrogens with one attached hydrogen (secondary N) is 1. The first-order valence-corrected chi connectivity index (χ1v) is 11.2. The highest BCUT2D eigenvalue weighted by Crippen LogP contribution is 2.37. The summed E-state index contributed by atoms with van der Waals surface area (Å²) in [7, 11) is 0. The number of aromatic nitrogens is 3. The Bertz CT molecular complexity index is 1350. The average molecular weight is 447 g/mol. The van der Waals surface area contributed by atoms with Gasteiger partial charge in [0.15, 0.2) is 5.82 Å². The minimum absolute atomic E-state index is 0.117. The number of nitrogens with zero attached hydrogens (tertiary/aromatic N) is 3. The third kappa shape index (κ3) is 4.18. The molecule has 0 bridgehead atoms. The molecule has 3 aromatic carbocycles. The Balaban J connectivity index is 1.27. The van der Waals surface area contributed by atoms with E-state index in [2.05, 4.69) is 40.7 Å². The molecule has 0 saturated heterocycles. The van der Waals surface area contributed by atoms with Gasteiger partial charge in [0.25, 0.3) is 0 Å². The molecule has 1 amide bonds. The molecule has 162 valence electrons. The molecule has 0 atom stereocenters. The van der Waals surface area contributed by atoms with Gasteiger partial charge in [0, 0.05) is 18.2 Å². The van der Waals surface area contributed by atoms with Crippen molar-refractivity contribution in [2.75, 3.05) is 6.54 Å². The van der Waals surface area contributed by atoms with Gasteiger partial charge in [-0.3, -0.25) is 9.36 Å². The maximum atomic E-state index is 13.0. The van der Waals surface area contributed by atoms with E-state index in [1.807, 2.05) is 30.3 Å². The van der Waals surface area contributed by atoms with E-state index < -0.39 is 0 Å². The van der Waals surface area contributed by atoms with Crippen LogP contribution in [0.25, 0.3) is 22.2 Å². The number of carbonyl (C=O) groups excluding carboxylic acids is 1. The SMILES string of the molecule is O=C(Cn1nc(-c2ccccc2Cl)n(C2CC2)c1=O)NCCc1ccc2ccccc2c1. The van der Waals surface area contributed by atoms with Crippen LogP contribution in [0.5, 0.6) is 0 Å². The first-order valence-electron chi connectivity index (χ1n) is 10.8. The molecular weight excluding hydrogens is 424 g/mol. The molecule has 4 aromatic rings. The number of halogens is 1. The fourth-order valence-electron chi connectivity index (χ4n) is 3.94. The third-order valence-corrected chi connectivity index (χ3v) is 6.07. The fourth-order valence-corrected chi connectivity index (χ4v) is 4.16. The molecular formula is C25H23ClN4O2. The molecule has 0 radical (unpaired) electrons. The van der Waals surface area contributed by atoms with Gasteiger partial charge >= 0.3 is 5.69 Å². The van der Waals surface area contributed by atoms with Crippen LogP contribution in [0.3, 0.4) is 0 Å². The molecule has 1 aliphatic rings. The molecule has 0 unspecified atom stereocenters. The highest BCUT2D eigenvalue weighted by molar-refractivity contribution is 6.33. The molecule has 0 spiro atoms. The maximum Gasteiger partial charge on any atom is 0.346 e. The molecule has 1 heterocycles. The van der Waals surface area contributed by atoms with Gasteiger partial charge in [0.1, 0.15) is 6.54 Å². The van der Waals surface area contributed by atoms with Gasteiger partial charge in [0.05, 0.1) is 5.02 Å². The fraction of sp³-hybridized carbons (Fsp3) is 0.240. The summed E-state index contributed by atoms with van der Waals surface area (Å²) in [5.74, 6) is 0.283. The number of hydrogen-bond donors (Lipinski definition) is 1. The molecule has 32 heavy (non-hydrogen) atoms. The number of benzene rings is 3. The highest BCUT2D eigenvalue weighted by atomic mass is 35.5. The smallest absolute Gasteiger partial charge is 0.346 e. The average Bonchev–Trinajstić information content (AvgIpc) is 3.58. The van der Waals surface area contributed by atoms with Crippen LogP contribution in [0.15, 0.2) is 71.5 Å². The number of fused-ring (bicyclic) bond motifs is 1. The lowest BCUT2D eigenvalue weighted by molar-refractivity contribution is -0.121. The van der Waals surface area contributed by atoms with Crippen molar-refractivity contribution in [1.29, 1.82) is 0 Å². The Kier molecular flexibility index (Phi) is 5.53. The summed E-state index contributed by atoms with van der Waals surface area (Å²) < 4.78 is 2.91. The predicted octanol–water partition coefficient (Wildman–Crippen LogP) is 4.21. The molecule has 1 aliphatic carbocycles. The first-order chi connectivity index (χ1) is 15.6. The van der Waals surface area contributed by atoms with Crippen molar-refractivity contribution >= 4 is 28.3 Å². The van der Waals surface area contributed by atoms with E-state index in [0.717, 1.165) is 18.4 Å². The Labute approximate surface area is 190 Å². The van der Waals surface area contributed by atoms with E-state index in [9.17, 15) is 9.59 Å². The second-order valence-corrected chi connectivity index (χ2v) is 8.53. The number of carbonyl (C=O) groups is 1. The van der Waals surface area contributed by atoms with Gasteiger partial charge in [-0.05, 0) is 47.7 Å². The van der Waals surface area contributed by atoms with Crippen molar-refractivity contribution in [1.82, 2.24) is 19.7 Å². The van der Waals surface area contributed by atoms with Crippen LogP contribution in [-0.4, -0.2) is 26.8 Å². The molecule has 6 nitrogen and oxygen atoms in total. The van der Waals surface area contributed by atoms with Gasteiger partial charge in [0.2, 0.25) is 5.91 Å². The van der Waals surface area contributed by atoms with Gasteiger partial charge in [-0.2, -0.15) is 0 Å². The molecule has 5 rings (SSSR count). The van der Waals surface area contributed by atoms with E-state index in [4.69, 9.17) is 11.6 Å². The summed E-state index contributed by atoms with van der Waals surface area (Å²) in [5, 5.41) is 10.3. The van der Waals surface area contributed by atoms with Crippen molar-refractivity contribution in [3.05, 3.63) is 87.8 Å². The standard InChI is InChI=1S/C25H23ClN4O2/c26-22-8-4-3-7-21(22)24-28-29(25(32)30(24)20-11-12-20)16-23(31)27-14-13-17-9-10-18-5-1-2-6-19(18)15-17/h1-10,15,20H,11-14,16H2,(H,27,31). The molecule has 1 fully saturated rings. The van der Waals surface area contributed by atoms with E-state index in [0.29, 0.717) is 29.4 Å². The lowest BCUT2D eigenvalue weighted by Crippen LogP contribution is -2.34. The van der Waals surface area contributed by atoms with E-state index >= 15 is 0 Å². The predicted molar refractivity (Wildman–Crippen MR) is 126 cm³/mol. The third-order valence-electron chi connectivity index (χ3n) is 5.74. The second-order valence-electron chi connectivity index (χ2n) is 8.13. The molecule has 1 N–H and O–H groups in total. The quantitative estimate of drug-likeness (QED) is 0.462. The van der Waals surface area contributed by atoms with Crippen LogP contribution >= 0.6 is 11.6 Å². The minimum Gasteiger partial charge on any atom is -0.354 e. The summed E-state index contributed by atoms with van der Waals surface area (Å²) in [5.41, 5.74) is 1.58. The number of amides is 1. The molecule has 7 heteroatoms. The van der Waals surface area contributed by atoms with Gasteiger partial charge < -0.3 is 5.32 Å². The maximum absolute atomic E-state index is 13.0. The van der Waals surface area contributed by atoms with Crippen LogP contribution < -0.4 is 11.0 Å². The summed E-state index contributed by atoms with van der Waals surface area (Å²) in [6, 6.07) is 21.9. The Morgan fingerprint density at radius 3 is 2.56 bits per heavy atom.